The smallest absolute Gasteiger partial charge is 0.241 e. The van der Waals surface area contributed by atoms with Gasteiger partial charge in [0, 0.05) is 6.54 Å². The molecule has 1 aliphatic rings. The van der Waals surface area contributed by atoms with Crippen molar-refractivity contribution >= 4 is 10.0 Å². The fourth-order valence-electron chi connectivity index (χ4n) is 3.86. The van der Waals surface area contributed by atoms with E-state index in [1.165, 1.54) is 0 Å². The molecule has 5 nitrogen and oxygen atoms in total. The monoisotopic (exact) mass is 376 g/mol. The second-order valence-corrected chi connectivity index (χ2v) is 9.08. The van der Waals surface area contributed by atoms with Crippen LogP contribution in [0.5, 0.6) is 0 Å². The molecule has 0 radical (unpaired) electrons. The molecule has 0 unspecified atom stereocenters. The first-order valence-electron chi connectivity index (χ1n) is 9.17. The van der Waals surface area contributed by atoms with Crippen molar-refractivity contribution in [2.75, 3.05) is 19.6 Å². The molecular formula is C20H28N2O3S. The topological polar surface area (TPSA) is 62.6 Å². The molecule has 0 aliphatic carbocycles. The maximum Gasteiger partial charge on any atom is 0.241 e. The minimum Gasteiger partial charge on any atom is -0.468 e. The molecule has 1 saturated heterocycles. The van der Waals surface area contributed by atoms with Crippen LogP contribution in [0.4, 0.5) is 0 Å². The number of sulfonamides is 1. The summed E-state index contributed by atoms with van der Waals surface area (Å²) in [6.07, 6.45) is 3.69. The van der Waals surface area contributed by atoms with Crippen LogP contribution in [-0.4, -0.2) is 33.0 Å². The van der Waals surface area contributed by atoms with E-state index in [2.05, 4.69) is 9.62 Å². The first kappa shape index (κ1) is 19.1. The van der Waals surface area contributed by atoms with E-state index in [1.807, 2.05) is 45.0 Å². The van der Waals surface area contributed by atoms with Crippen molar-refractivity contribution in [1.82, 2.24) is 9.62 Å². The number of benzene rings is 1. The van der Waals surface area contributed by atoms with Gasteiger partial charge in [-0.15, -0.1) is 0 Å². The second kappa shape index (κ2) is 7.94. The summed E-state index contributed by atoms with van der Waals surface area (Å²) in [5, 5.41) is 0. The molecule has 0 bridgehead atoms. The van der Waals surface area contributed by atoms with Crippen molar-refractivity contribution in [3.05, 3.63) is 53.0 Å². The van der Waals surface area contributed by atoms with Gasteiger partial charge < -0.3 is 4.42 Å². The van der Waals surface area contributed by atoms with Crippen LogP contribution in [0, 0.1) is 26.7 Å². The summed E-state index contributed by atoms with van der Waals surface area (Å²) in [5.74, 6) is 1.36. The molecule has 2 heterocycles. The van der Waals surface area contributed by atoms with Crippen molar-refractivity contribution in [2.45, 2.75) is 45.1 Å². The number of furan rings is 1. The predicted octanol–water partition coefficient (Wildman–Crippen LogP) is 3.40. The zero-order valence-corrected chi connectivity index (χ0v) is 16.6. The number of hydrogen-bond donors (Lipinski definition) is 1. The summed E-state index contributed by atoms with van der Waals surface area (Å²) in [6.45, 7) is 8.98. The Hall–Kier alpha value is -1.63. The van der Waals surface area contributed by atoms with E-state index >= 15 is 0 Å². The number of nitrogens with one attached hydrogen (secondary N) is 1. The van der Waals surface area contributed by atoms with Crippen LogP contribution in [0.15, 0.2) is 39.8 Å². The normalized spacial score (nSPS) is 16.9. The van der Waals surface area contributed by atoms with E-state index in [0.29, 0.717) is 17.4 Å². The molecule has 26 heavy (non-hydrogen) atoms. The lowest BCUT2D eigenvalue weighted by Gasteiger charge is -2.31. The summed E-state index contributed by atoms with van der Waals surface area (Å²) >= 11 is 0. The average Bonchev–Trinajstić information content (AvgIpc) is 3.06. The Labute approximate surface area is 156 Å². The fraction of sp³-hybridized carbons (Fsp3) is 0.500. The van der Waals surface area contributed by atoms with E-state index in [-0.39, 0.29) is 0 Å². The minimum absolute atomic E-state index is 0.378. The molecule has 2 aromatic rings. The van der Waals surface area contributed by atoms with Gasteiger partial charge in [0.15, 0.2) is 0 Å². The minimum atomic E-state index is -3.47. The summed E-state index contributed by atoms with van der Waals surface area (Å²) in [4.78, 5) is 2.79. The van der Waals surface area contributed by atoms with Gasteiger partial charge in [-0.2, -0.15) is 0 Å². The molecule has 0 amide bonds. The lowest BCUT2D eigenvalue weighted by molar-refractivity contribution is 0.168. The Bertz CT molecular complexity index is 813. The molecule has 1 aliphatic heterocycles. The third kappa shape index (κ3) is 4.55. The number of aryl methyl sites for hydroxylation is 3. The third-order valence-corrected chi connectivity index (χ3v) is 6.83. The Kier molecular flexibility index (Phi) is 5.85. The number of rotatable bonds is 6. The molecule has 142 valence electrons. The van der Waals surface area contributed by atoms with Crippen molar-refractivity contribution in [1.29, 1.82) is 0 Å². The van der Waals surface area contributed by atoms with Gasteiger partial charge in [-0.05, 0) is 75.9 Å². The molecule has 3 rings (SSSR count). The molecular weight excluding hydrogens is 348 g/mol. The van der Waals surface area contributed by atoms with Gasteiger partial charge in [0.2, 0.25) is 10.0 Å². The SMILES string of the molecule is Cc1cc(C)c(S(=O)(=O)NCC2CCN(Cc3ccco3)CC2)c(C)c1. The summed E-state index contributed by atoms with van der Waals surface area (Å²) in [5.41, 5.74) is 2.70. The largest absolute Gasteiger partial charge is 0.468 e. The maximum absolute atomic E-state index is 12.8. The number of nitrogens with zero attached hydrogens (tertiary/aromatic N) is 1. The fourth-order valence-corrected chi connectivity index (χ4v) is 5.43. The lowest BCUT2D eigenvalue weighted by atomic mass is 9.97. The molecule has 1 fully saturated rings. The highest BCUT2D eigenvalue weighted by Gasteiger charge is 2.24. The molecule has 6 heteroatoms. The van der Waals surface area contributed by atoms with Crippen molar-refractivity contribution < 1.29 is 12.8 Å². The van der Waals surface area contributed by atoms with E-state index in [1.54, 1.807) is 6.26 Å². The van der Waals surface area contributed by atoms with Gasteiger partial charge in [0.1, 0.15) is 5.76 Å². The lowest BCUT2D eigenvalue weighted by Crippen LogP contribution is -2.38. The van der Waals surface area contributed by atoms with Gasteiger partial charge in [-0.25, -0.2) is 13.1 Å². The van der Waals surface area contributed by atoms with Crippen LogP contribution in [-0.2, 0) is 16.6 Å². The van der Waals surface area contributed by atoms with Gasteiger partial charge in [-0.3, -0.25) is 4.90 Å². The number of hydrogen-bond acceptors (Lipinski definition) is 4. The van der Waals surface area contributed by atoms with Crippen LogP contribution in [0.3, 0.4) is 0 Å². The van der Waals surface area contributed by atoms with Gasteiger partial charge in [-0.1, -0.05) is 17.7 Å². The molecule has 0 spiro atoms. The zero-order valence-electron chi connectivity index (χ0n) is 15.8. The first-order valence-corrected chi connectivity index (χ1v) is 10.7. The maximum atomic E-state index is 12.8. The van der Waals surface area contributed by atoms with Gasteiger partial charge in [0.05, 0.1) is 17.7 Å². The van der Waals surface area contributed by atoms with Crippen LogP contribution < -0.4 is 4.72 Å². The van der Waals surface area contributed by atoms with Crippen molar-refractivity contribution in [3.63, 3.8) is 0 Å². The van der Waals surface area contributed by atoms with E-state index in [9.17, 15) is 8.42 Å². The summed E-state index contributed by atoms with van der Waals surface area (Å²) < 4.78 is 33.8. The molecule has 0 atom stereocenters. The quantitative estimate of drug-likeness (QED) is 0.839. The Morgan fingerprint density at radius 1 is 1.15 bits per heavy atom. The number of piperidine rings is 1. The Balaban J connectivity index is 1.55. The molecule has 1 N–H and O–H groups in total. The standard InChI is InChI=1S/C20H28N2O3S/c1-15-11-16(2)20(17(3)12-15)26(23,24)21-13-18-6-8-22(9-7-18)14-19-5-4-10-25-19/h4-5,10-12,18,21H,6-9,13-14H2,1-3H3. The van der Waals surface area contributed by atoms with E-state index in [4.69, 9.17) is 4.42 Å². The van der Waals surface area contributed by atoms with Crippen molar-refractivity contribution in [3.8, 4) is 0 Å². The molecule has 0 saturated carbocycles. The molecule has 1 aromatic carbocycles. The van der Waals surface area contributed by atoms with Gasteiger partial charge in [0.25, 0.3) is 0 Å². The highest BCUT2D eigenvalue weighted by atomic mass is 32.2. The zero-order chi connectivity index (χ0) is 18.7. The average molecular weight is 377 g/mol. The van der Waals surface area contributed by atoms with Crippen LogP contribution in [0.2, 0.25) is 0 Å². The summed E-state index contributed by atoms with van der Waals surface area (Å²) in [6, 6.07) is 7.75. The first-order chi connectivity index (χ1) is 12.3. The summed E-state index contributed by atoms with van der Waals surface area (Å²) in [7, 11) is -3.47. The van der Waals surface area contributed by atoms with Crippen LogP contribution in [0.25, 0.3) is 0 Å². The van der Waals surface area contributed by atoms with Gasteiger partial charge >= 0.3 is 0 Å². The Morgan fingerprint density at radius 3 is 2.38 bits per heavy atom. The van der Waals surface area contributed by atoms with Crippen LogP contribution >= 0.6 is 0 Å². The molecule has 1 aromatic heterocycles. The van der Waals surface area contributed by atoms with E-state index in [0.717, 1.165) is 54.9 Å². The van der Waals surface area contributed by atoms with E-state index < -0.39 is 10.0 Å². The number of likely N-dealkylation sites (tertiary alicyclic amines) is 1. The van der Waals surface area contributed by atoms with Crippen molar-refractivity contribution in [2.24, 2.45) is 5.92 Å². The van der Waals surface area contributed by atoms with Crippen LogP contribution in [0.1, 0.15) is 35.3 Å². The highest BCUT2D eigenvalue weighted by Crippen LogP contribution is 2.23. The Morgan fingerprint density at radius 2 is 1.81 bits per heavy atom. The predicted molar refractivity (Wildman–Crippen MR) is 103 cm³/mol. The second-order valence-electron chi connectivity index (χ2n) is 7.38. The highest BCUT2D eigenvalue weighted by molar-refractivity contribution is 7.89. The third-order valence-electron chi connectivity index (χ3n) is 5.10.